The summed E-state index contributed by atoms with van der Waals surface area (Å²) in [6, 6.07) is 19.4. The molecule has 0 N–H and O–H groups in total. The molecule has 2 amide bonds. The van der Waals surface area contributed by atoms with Crippen molar-refractivity contribution < 1.29 is 14.3 Å². The molecule has 2 aromatic carbocycles. The van der Waals surface area contributed by atoms with Crippen LogP contribution >= 0.6 is 0 Å². The number of carbonyl (C=O) groups excluding carboxylic acids is 2. The van der Waals surface area contributed by atoms with Gasteiger partial charge in [-0.25, -0.2) is 4.68 Å². The van der Waals surface area contributed by atoms with E-state index in [1.165, 1.54) is 0 Å². The van der Waals surface area contributed by atoms with Crippen LogP contribution in [0, 0.1) is 0 Å². The third-order valence-corrected chi connectivity index (χ3v) is 6.67. The fourth-order valence-electron chi connectivity index (χ4n) is 4.58. The molecule has 0 bridgehead atoms. The molecule has 190 valence electrons. The number of ether oxygens (including phenoxy) is 1. The van der Waals surface area contributed by atoms with Crippen LogP contribution in [0.1, 0.15) is 30.8 Å². The van der Waals surface area contributed by atoms with Gasteiger partial charge >= 0.3 is 0 Å². The molecule has 0 unspecified atom stereocenters. The number of methoxy groups -OCH3 is 1. The molecule has 0 atom stereocenters. The zero-order chi connectivity index (χ0) is 25.5. The lowest BCUT2D eigenvalue weighted by molar-refractivity contribution is -0.132. The van der Waals surface area contributed by atoms with E-state index >= 15 is 0 Å². The Labute approximate surface area is 213 Å². The lowest BCUT2D eigenvalue weighted by atomic mass is 10.1. The van der Waals surface area contributed by atoms with Crippen molar-refractivity contribution in [2.24, 2.45) is 0 Å². The molecule has 1 aliphatic heterocycles. The summed E-state index contributed by atoms with van der Waals surface area (Å²) < 4.78 is 7.12. The molecular formula is C28H35N5O3. The van der Waals surface area contributed by atoms with Gasteiger partial charge in [-0.1, -0.05) is 18.2 Å². The Morgan fingerprint density at radius 2 is 1.67 bits per heavy atom. The van der Waals surface area contributed by atoms with Crippen LogP contribution in [-0.4, -0.2) is 89.2 Å². The highest BCUT2D eigenvalue weighted by molar-refractivity contribution is 5.93. The average molecular weight is 490 g/mol. The van der Waals surface area contributed by atoms with Crippen molar-refractivity contribution in [2.75, 3.05) is 52.9 Å². The summed E-state index contributed by atoms with van der Waals surface area (Å²) in [5, 5.41) is 4.74. The van der Waals surface area contributed by atoms with Gasteiger partial charge in [0.2, 0.25) is 5.91 Å². The average Bonchev–Trinajstić information content (AvgIpc) is 3.23. The molecular weight excluding hydrogens is 454 g/mol. The van der Waals surface area contributed by atoms with Crippen LogP contribution in [0.3, 0.4) is 0 Å². The molecule has 2 heterocycles. The molecule has 4 rings (SSSR count). The number of hydrogen-bond donors (Lipinski definition) is 0. The molecule has 1 aromatic heterocycles. The van der Waals surface area contributed by atoms with Gasteiger partial charge in [-0.2, -0.15) is 5.10 Å². The second-order valence-electron chi connectivity index (χ2n) is 8.88. The van der Waals surface area contributed by atoms with E-state index in [1.807, 2.05) is 89.0 Å². The molecule has 36 heavy (non-hydrogen) atoms. The lowest BCUT2D eigenvalue weighted by Crippen LogP contribution is -2.42. The zero-order valence-electron chi connectivity index (χ0n) is 21.4. The number of likely N-dealkylation sites (N-methyl/N-ethyl adjacent to an activating group) is 1. The monoisotopic (exact) mass is 489 g/mol. The van der Waals surface area contributed by atoms with Gasteiger partial charge in [-0.15, -0.1) is 0 Å². The molecule has 8 nitrogen and oxygen atoms in total. The maximum Gasteiger partial charge on any atom is 0.274 e. The topological polar surface area (TPSA) is 70.9 Å². The predicted molar refractivity (Wildman–Crippen MR) is 140 cm³/mol. The lowest BCUT2D eigenvalue weighted by Gasteiger charge is -2.25. The first-order chi connectivity index (χ1) is 17.5. The predicted octanol–water partition coefficient (Wildman–Crippen LogP) is 3.56. The van der Waals surface area contributed by atoms with E-state index in [1.54, 1.807) is 7.11 Å². The summed E-state index contributed by atoms with van der Waals surface area (Å²) in [5.74, 6) is 0.830. The summed E-state index contributed by atoms with van der Waals surface area (Å²) in [4.78, 5) is 32.0. The number of aromatic nitrogens is 2. The van der Waals surface area contributed by atoms with E-state index in [9.17, 15) is 9.59 Å². The van der Waals surface area contributed by atoms with E-state index in [0.29, 0.717) is 45.0 Å². The number of benzene rings is 2. The molecule has 0 saturated carbocycles. The SMILES string of the molecule is CCN(CC)C(=O)CN1CCCN(C(=O)c2cc(-c3ccc(OC)cc3)n(-c3ccccc3)n2)CC1. The van der Waals surface area contributed by atoms with Gasteiger partial charge in [-0.05, 0) is 62.7 Å². The van der Waals surface area contributed by atoms with Crippen LogP contribution in [0.25, 0.3) is 16.9 Å². The Bertz CT molecular complexity index is 1160. The molecule has 8 heteroatoms. The van der Waals surface area contributed by atoms with Gasteiger partial charge in [0.1, 0.15) is 5.75 Å². The Hall–Kier alpha value is -3.65. The zero-order valence-corrected chi connectivity index (χ0v) is 21.4. The third-order valence-electron chi connectivity index (χ3n) is 6.67. The highest BCUT2D eigenvalue weighted by Crippen LogP contribution is 2.26. The highest BCUT2D eigenvalue weighted by Gasteiger charge is 2.25. The van der Waals surface area contributed by atoms with Crippen LogP contribution in [0.4, 0.5) is 0 Å². The molecule has 0 radical (unpaired) electrons. The molecule has 1 saturated heterocycles. The standard InChI is InChI=1S/C28H35N5O3/c1-4-31(5-2)27(34)21-30-16-9-17-32(19-18-30)28(35)25-20-26(22-12-14-24(36-3)15-13-22)33(29-25)23-10-7-6-8-11-23/h6-8,10-15,20H,4-5,9,16-19,21H2,1-3H3. The van der Waals surface area contributed by atoms with Crippen molar-refractivity contribution in [1.29, 1.82) is 0 Å². The van der Waals surface area contributed by atoms with E-state index in [2.05, 4.69) is 4.90 Å². The van der Waals surface area contributed by atoms with E-state index in [0.717, 1.165) is 35.7 Å². The Morgan fingerprint density at radius 3 is 2.33 bits per heavy atom. The third kappa shape index (κ3) is 5.76. The van der Waals surface area contributed by atoms with Gasteiger partial charge < -0.3 is 14.5 Å². The Kier molecular flexibility index (Phi) is 8.38. The second-order valence-corrected chi connectivity index (χ2v) is 8.88. The minimum Gasteiger partial charge on any atom is -0.497 e. The summed E-state index contributed by atoms with van der Waals surface area (Å²) >= 11 is 0. The Balaban J connectivity index is 1.54. The normalized spacial score (nSPS) is 14.4. The summed E-state index contributed by atoms with van der Waals surface area (Å²) in [5.41, 5.74) is 3.09. The van der Waals surface area contributed by atoms with Crippen LogP contribution in [0.5, 0.6) is 5.75 Å². The van der Waals surface area contributed by atoms with Crippen LogP contribution < -0.4 is 4.74 Å². The first kappa shape index (κ1) is 25.4. The minimum absolute atomic E-state index is 0.0867. The van der Waals surface area contributed by atoms with Gasteiger partial charge in [0.25, 0.3) is 5.91 Å². The minimum atomic E-state index is -0.0867. The molecule has 1 fully saturated rings. The van der Waals surface area contributed by atoms with Crippen molar-refractivity contribution >= 4 is 11.8 Å². The number of para-hydroxylation sites is 1. The fourth-order valence-corrected chi connectivity index (χ4v) is 4.58. The highest BCUT2D eigenvalue weighted by atomic mass is 16.5. The van der Waals surface area contributed by atoms with Gasteiger partial charge in [0.15, 0.2) is 5.69 Å². The van der Waals surface area contributed by atoms with Crippen LogP contribution in [-0.2, 0) is 4.79 Å². The van der Waals surface area contributed by atoms with Crippen molar-refractivity contribution in [1.82, 2.24) is 24.5 Å². The van der Waals surface area contributed by atoms with Crippen molar-refractivity contribution in [3.05, 3.63) is 66.4 Å². The van der Waals surface area contributed by atoms with Gasteiger partial charge in [-0.3, -0.25) is 14.5 Å². The van der Waals surface area contributed by atoms with E-state index in [4.69, 9.17) is 9.84 Å². The molecule has 1 aliphatic rings. The number of carbonyl (C=O) groups is 2. The van der Waals surface area contributed by atoms with Crippen molar-refractivity contribution in [3.8, 4) is 22.7 Å². The summed E-state index contributed by atoms with van der Waals surface area (Å²) in [6.45, 7) is 8.51. The summed E-state index contributed by atoms with van der Waals surface area (Å²) in [7, 11) is 1.64. The smallest absolute Gasteiger partial charge is 0.274 e. The summed E-state index contributed by atoms with van der Waals surface area (Å²) in [6.07, 6.45) is 0.821. The van der Waals surface area contributed by atoms with E-state index < -0.39 is 0 Å². The largest absolute Gasteiger partial charge is 0.497 e. The van der Waals surface area contributed by atoms with Crippen LogP contribution in [0.2, 0.25) is 0 Å². The molecule has 3 aromatic rings. The van der Waals surface area contributed by atoms with Gasteiger partial charge in [0.05, 0.1) is 25.0 Å². The first-order valence-corrected chi connectivity index (χ1v) is 12.6. The number of hydrogen-bond acceptors (Lipinski definition) is 5. The fraction of sp³-hybridized carbons (Fsp3) is 0.393. The van der Waals surface area contributed by atoms with Crippen LogP contribution in [0.15, 0.2) is 60.7 Å². The number of rotatable bonds is 8. The Morgan fingerprint density at radius 1 is 0.944 bits per heavy atom. The quantitative estimate of drug-likeness (QED) is 0.484. The first-order valence-electron chi connectivity index (χ1n) is 12.6. The molecule has 0 aliphatic carbocycles. The van der Waals surface area contributed by atoms with E-state index in [-0.39, 0.29) is 11.8 Å². The number of amides is 2. The molecule has 0 spiro atoms. The number of nitrogens with zero attached hydrogens (tertiary/aromatic N) is 5. The maximum atomic E-state index is 13.5. The van der Waals surface area contributed by atoms with Crippen molar-refractivity contribution in [3.63, 3.8) is 0 Å². The maximum absolute atomic E-state index is 13.5. The van der Waals surface area contributed by atoms with Gasteiger partial charge in [0, 0.05) is 44.8 Å². The second kappa shape index (κ2) is 11.9. The van der Waals surface area contributed by atoms with Crippen molar-refractivity contribution in [2.45, 2.75) is 20.3 Å².